The lowest BCUT2D eigenvalue weighted by Gasteiger charge is -2.30. The summed E-state index contributed by atoms with van der Waals surface area (Å²) in [6.45, 7) is 5.41. The molecule has 1 amide bonds. The Labute approximate surface area is 248 Å². The molecule has 0 radical (unpaired) electrons. The smallest absolute Gasteiger partial charge is 0.293 e. The third-order valence-electron chi connectivity index (χ3n) is 8.72. The molecule has 9 nitrogen and oxygen atoms in total. The molecule has 2 aromatic carbocycles. The zero-order chi connectivity index (χ0) is 29.9. The average molecular weight is 595 g/mol. The molecule has 3 aromatic rings. The number of benzene rings is 2. The number of aromatic nitrogens is 1. The first kappa shape index (κ1) is 30.1. The Kier molecular flexibility index (Phi) is 9.22. The quantitative estimate of drug-likeness (QED) is 0.320. The monoisotopic (exact) mass is 594 g/mol. The van der Waals surface area contributed by atoms with Crippen LogP contribution in [0.25, 0.3) is 10.9 Å². The Morgan fingerprint density at radius 2 is 1.86 bits per heavy atom. The Morgan fingerprint density at radius 1 is 1.12 bits per heavy atom. The summed E-state index contributed by atoms with van der Waals surface area (Å²) in [5, 5.41) is 7.60. The van der Waals surface area contributed by atoms with Gasteiger partial charge in [-0.05, 0) is 48.4 Å². The van der Waals surface area contributed by atoms with Gasteiger partial charge in [0, 0.05) is 43.3 Å². The molecule has 226 valence electrons. The van der Waals surface area contributed by atoms with Crippen LogP contribution in [0.3, 0.4) is 0 Å². The molecule has 1 saturated carbocycles. The second-order valence-electron chi connectivity index (χ2n) is 11.9. The zero-order valence-electron chi connectivity index (χ0n) is 24.7. The van der Waals surface area contributed by atoms with Gasteiger partial charge in [-0.25, -0.2) is 8.42 Å². The number of hydrogen-bond acceptors (Lipinski definition) is 6. The number of carbonyl (C=O) groups is 2. The summed E-state index contributed by atoms with van der Waals surface area (Å²) in [5.41, 5.74) is 3.74. The second kappa shape index (κ2) is 12.9. The second-order valence-corrected chi connectivity index (χ2v) is 14.0. The maximum absolute atomic E-state index is 14.0. The van der Waals surface area contributed by atoms with Gasteiger partial charge in [-0.3, -0.25) is 13.9 Å². The van der Waals surface area contributed by atoms with E-state index >= 15 is 0 Å². The molecule has 10 heteroatoms. The molecule has 0 bridgehead atoms. The summed E-state index contributed by atoms with van der Waals surface area (Å²) in [7, 11) is -2.00. The highest BCUT2D eigenvalue weighted by atomic mass is 32.2. The lowest BCUT2D eigenvalue weighted by atomic mass is 9.94. The average Bonchev–Trinajstić information content (AvgIpc) is 3.33. The third kappa shape index (κ3) is 6.49. The molecule has 1 fully saturated rings. The minimum atomic E-state index is -3.55. The van der Waals surface area contributed by atoms with Gasteiger partial charge in [0.15, 0.2) is 0 Å². The number of amides is 1. The Hall–Kier alpha value is -3.37. The number of rotatable bonds is 11. The standard InChI is InChI=1S/C32H42N4O5S/c1-22(2)27-20-36-14-15-42(39,40)35(3)29-18-24(17-26(27)31(29)36)32(38)34-28(16-23-10-6-4-7-11-23)30(41-21-37)19-33-25-12-8-5-9-13-25/h4,6-7,10-11,17-18,20-22,25,28,30,33H,5,8-9,12-16,19H2,1-3H3,(H,34,38)/t28-,30+/m0/s1. The Morgan fingerprint density at radius 3 is 2.55 bits per heavy atom. The highest BCUT2D eigenvalue weighted by Gasteiger charge is 2.31. The Bertz CT molecular complexity index is 1510. The van der Waals surface area contributed by atoms with Gasteiger partial charge in [0.25, 0.3) is 12.4 Å². The van der Waals surface area contributed by atoms with Crippen LogP contribution in [0.15, 0.2) is 48.7 Å². The van der Waals surface area contributed by atoms with E-state index < -0.39 is 22.2 Å². The molecular weight excluding hydrogens is 552 g/mol. The maximum atomic E-state index is 14.0. The van der Waals surface area contributed by atoms with Gasteiger partial charge >= 0.3 is 0 Å². The van der Waals surface area contributed by atoms with Crippen molar-refractivity contribution in [1.29, 1.82) is 0 Å². The van der Waals surface area contributed by atoms with Gasteiger partial charge in [0.1, 0.15) is 6.10 Å². The third-order valence-corrected chi connectivity index (χ3v) is 10.5. The van der Waals surface area contributed by atoms with Gasteiger partial charge in [-0.15, -0.1) is 0 Å². The number of sulfonamides is 1. The summed E-state index contributed by atoms with van der Waals surface area (Å²) in [5.74, 6) is -0.175. The van der Waals surface area contributed by atoms with Crippen LogP contribution >= 0.6 is 0 Å². The van der Waals surface area contributed by atoms with Crippen molar-refractivity contribution in [1.82, 2.24) is 15.2 Å². The van der Waals surface area contributed by atoms with E-state index in [0.29, 0.717) is 43.3 Å². The van der Waals surface area contributed by atoms with Crippen molar-refractivity contribution in [2.24, 2.45) is 0 Å². The van der Waals surface area contributed by atoms with E-state index in [-0.39, 0.29) is 17.6 Å². The number of hydrogen-bond donors (Lipinski definition) is 2. The molecule has 2 aliphatic rings. The number of carbonyl (C=O) groups excluding carboxylic acids is 2. The minimum Gasteiger partial charge on any atom is -0.461 e. The SMILES string of the molecule is CC(C)c1cn2c3c(cc(C(=O)N[C@@H](Cc4ccccc4)[C@@H](CNC4CCCCC4)OC=O)cc13)N(C)S(=O)(=O)CC2. The molecule has 1 aromatic heterocycles. The molecule has 1 aliphatic carbocycles. The zero-order valence-corrected chi connectivity index (χ0v) is 25.5. The first-order chi connectivity index (χ1) is 20.2. The van der Waals surface area contributed by atoms with Crippen LogP contribution in [0.5, 0.6) is 0 Å². The molecule has 2 heterocycles. The van der Waals surface area contributed by atoms with Gasteiger partial charge in [-0.2, -0.15) is 0 Å². The number of ether oxygens (including phenoxy) is 1. The summed E-state index contributed by atoms with van der Waals surface area (Å²) >= 11 is 0. The lowest BCUT2D eigenvalue weighted by Crippen LogP contribution is -2.51. The van der Waals surface area contributed by atoms with Crippen molar-refractivity contribution >= 4 is 39.0 Å². The van der Waals surface area contributed by atoms with Gasteiger partial charge < -0.3 is 19.9 Å². The summed E-state index contributed by atoms with van der Waals surface area (Å²) in [4.78, 5) is 25.6. The predicted octanol–water partition coefficient (Wildman–Crippen LogP) is 4.35. The largest absolute Gasteiger partial charge is 0.461 e. The van der Waals surface area contributed by atoms with E-state index in [4.69, 9.17) is 4.74 Å². The van der Waals surface area contributed by atoms with E-state index in [1.54, 1.807) is 13.1 Å². The molecule has 0 spiro atoms. The summed E-state index contributed by atoms with van der Waals surface area (Å²) in [6, 6.07) is 13.2. The first-order valence-corrected chi connectivity index (χ1v) is 16.6. The molecular formula is C32H42N4O5S. The molecule has 0 unspecified atom stereocenters. The lowest BCUT2D eigenvalue weighted by molar-refractivity contribution is -0.134. The van der Waals surface area contributed by atoms with Gasteiger partial charge in [0.2, 0.25) is 10.0 Å². The van der Waals surface area contributed by atoms with Crippen LogP contribution in [-0.2, 0) is 32.5 Å². The van der Waals surface area contributed by atoms with Gasteiger partial charge in [-0.1, -0.05) is 63.4 Å². The van der Waals surface area contributed by atoms with Crippen LogP contribution in [0.2, 0.25) is 0 Å². The fourth-order valence-electron chi connectivity index (χ4n) is 6.29. The fourth-order valence-corrected chi connectivity index (χ4v) is 7.43. The molecule has 1 aliphatic heterocycles. The first-order valence-electron chi connectivity index (χ1n) is 15.0. The number of nitrogens with one attached hydrogen (secondary N) is 2. The van der Waals surface area contributed by atoms with E-state index in [2.05, 4.69) is 24.5 Å². The van der Waals surface area contributed by atoms with Crippen molar-refractivity contribution in [3.63, 3.8) is 0 Å². The summed E-state index contributed by atoms with van der Waals surface area (Å²) < 4.78 is 34.9. The highest BCUT2D eigenvalue weighted by Crippen LogP contribution is 2.37. The van der Waals surface area contributed by atoms with Crippen LogP contribution in [0.1, 0.15) is 73.4 Å². The van der Waals surface area contributed by atoms with E-state index in [1.165, 1.54) is 23.6 Å². The van der Waals surface area contributed by atoms with E-state index in [0.717, 1.165) is 34.9 Å². The van der Waals surface area contributed by atoms with Crippen molar-refractivity contribution in [2.45, 2.75) is 83.0 Å². The van der Waals surface area contributed by atoms with Crippen molar-refractivity contribution < 1.29 is 22.7 Å². The van der Waals surface area contributed by atoms with Crippen molar-refractivity contribution in [3.8, 4) is 0 Å². The molecule has 2 atom stereocenters. The van der Waals surface area contributed by atoms with Crippen LogP contribution in [0, 0.1) is 0 Å². The molecule has 5 rings (SSSR count). The normalized spacial score (nSPS) is 18.4. The van der Waals surface area contributed by atoms with Crippen LogP contribution in [-0.4, -0.2) is 62.9 Å². The fraction of sp³-hybridized carbons (Fsp3) is 0.500. The minimum absolute atomic E-state index is 0.0150. The highest BCUT2D eigenvalue weighted by molar-refractivity contribution is 7.92. The predicted molar refractivity (Wildman–Crippen MR) is 165 cm³/mol. The topological polar surface area (TPSA) is 110 Å². The number of nitrogens with zero attached hydrogens (tertiary/aromatic N) is 2. The molecule has 0 saturated heterocycles. The van der Waals surface area contributed by atoms with Crippen molar-refractivity contribution in [2.75, 3.05) is 23.7 Å². The van der Waals surface area contributed by atoms with Crippen molar-refractivity contribution in [3.05, 3.63) is 65.4 Å². The van der Waals surface area contributed by atoms with Crippen LogP contribution in [0.4, 0.5) is 5.69 Å². The number of aryl methyl sites for hydroxylation is 1. The Balaban J connectivity index is 1.49. The number of anilines is 1. The maximum Gasteiger partial charge on any atom is 0.293 e. The van der Waals surface area contributed by atoms with Gasteiger partial charge in [0.05, 0.1) is 23.0 Å². The molecule has 2 N–H and O–H groups in total. The van der Waals surface area contributed by atoms with Crippen LogP contribution < -0.4 is 14.9 Å². The molecule has 42 heavy (non-hydrogen) atoms. The summed E-state index contributed by atoms with van der Waals surface area (Å²) in [6.07, 6.45) is 7.65. The van der Waals surface area contributed by atoms with E-state index in [9.17, 15) is 18.0 Å². The van der Waals surface area contributed by atoms with E-state index in [1.807, 2.05) is 47.2 Å².